The highest BCUT2D eigenvalue weighted by Gasteiger charge is 2.09. The van der Waals surface area contributed by atoms with Gasteiger partial charge >= 0.3 is 0 Å². The number of benzene rings is 1. The Morgan fingerprint density at radius 1 is 1.30 bits per heavy atom. The van der Waals surface area contributed by atoms with Crippen molar-refractivity contribution in [3.63, 3.8) is 0 Å². The average molecular weight is 364 g/mol. The molecule has 0 heterocycles. The van der Waals surface area contributed by atoms with Crippen LogP contribution >= 0.6 is 24.0 Å². The maximum atomic E-state index is 11.9. The number of carbonyl (C=O) groups is 2. The van der Waals surface area contributed by atoms with Gasteiger partial charge in [-0.05, 0) is 31.5 Å². The second-order valence-electron chi connectivity index (χ2n) is 5.01. The lowest BCUT2D eigenvalue weighted by atomic mass is 10.2. The standard InChI is InChI=1S/C15H22ClN3O3.ClH/c1-10(17)3-6-14(20)18-8-7-15(21)19-12-9-11(16)4-5-13(12)22-2;/h4-5,9-10H,3,6-8,17H2,1-2H3,(H,18,20)(H,19,21);1H. The molecule has 0 aliphatic carbocycles. The van der Waals surface area contributed by atoms with E-state index in [1.807, 2.05) is 6.92 Å². The van der Waals surface area contributed by atoms with Crippen LogP contribution in [0.2, 0.25) is 5.02 Å². The van der Waals surface area contributed by atoms with Crippen molar-refractivity contribution >= 4 is 41.5 Å². The zero-order chi connectivity index (χ0) is 16.5. The van der Waals surface area contributed by atoms with Gasteiger partial charge in [0.1, 0.15) is 5.75 Å². The van der Waals surface area contributed by atoms with Crippen molar-refractivity contribution in [2.24, 2.45) is 5.73 Å². The highest BCUT2D eigenvalue weighted by atomic mass is 35.5. The van der Waals surface area contributed by atoms with Gasteiger partial charge in [0.05, 0.1) is 12.8 Å². The number of carbonyl (C=O) groups excluding carboxylic acids is 2. The highest BCUT2D eigenvalue weighted by molar-refractivity contribution is 6.31. The number of nitrogens with two attached hydrogens (primary N) is 1. The van der Waals surface area contributed by atoms with Crippen LogP contribution in [0.5, 0.6) is 5.75 Å². The van der Waals surface area contributed by atoms with Crippen molar-refractivity contribution < 1.29 is 14.3 Å². The monoisotopic (exact) mass is 363 g/mol. The third kappa shape index (κ3) is 8.64. The van der Waals surface area contributed by atoms with Crippen LogP contribution in [0.15, 0.2) is 18.2 Å². The molecule has 0 aliphatic heterocycles. The zero-order valence-electron chi connectivity index (χ0n) is 13.2. The fraction of sp³-hybridized carbons (Fsp3) is 0.467. The lowest BCUT2D eigenvalue weighted by Gasteiger charge is -2.11. The quantitative estimate of drug-likeness (QED) is 0.660. The summed E-state index contributed by atoms with van der Waals surface area (Å²) >= 11 is 5.89. The molecule has 0 aliphatic rings. The number of hydrogen-bond donors (Lipinski definition) is 3. The molecule has 0 radical (unpaired) electrons. The van der Waals surface area contributed by atoms with E-state index < -0.39 is 0 Å². The molecule has 1 rings (SSSR count). The van der Waals surface area contributed by atoms with Gasteiger partial charge in [-0.2, -0.15) is 0 Å². The fourth-order valence-corrected chi connectivity index (χ4v) is 1.93. The van der Waals surface area contributed by atoms with Crippen molar-refractivity contribution in [2.45, 2.75) is 32.2 Å². The lowest BCUT2D eigenvalue weighted by molar-refractivity contribution is -0.121. The molecule has 1 aromatic rings. The van der Waals surface area contributed by atoms with Crippen LogP contribution in [0.4, 0.5) is 5.69 Å². The summed E-state index contributed by atoms with van der Waals surface area (Å²) in [6.07, 6.45) is 1.15. The van der Waals surface area contributed by atoms with Gasteiger partial charge < -0.3 is 21.1 Å². The number of methoxy groups -OCH3 is 1. The zero-order valence-corrected chi connectivity index (χ0v) is 14.8. The van der Waals surface area contributed by atoms with Gasteiger partial charge in [0.2, 0.25) is 11.8 Å². The van der Waals surface area contributed by atoms with E-state index in [1.165, 1.54) is 7.11 Å². The summed E-state index contributed by atoms with van der Waals surface area (Å²) in [4.78, 5) is 23.4. The third-order valence-corrected chi connectivity index (χ3v) is 3.17. The normalized spacial score (nSPS) is 11.1. The van der Waals surface area contributed by atoms with Gasteiger partial charge in [-0.3, -0.25) is 9.59 Å². The predicted octanol–water partition coefficient (Wildman–Crippen LogP) is 2.34. The number of hydrogen-bond acceptors (Lipinski definition) is 4. The minimum Gasteiger partial charge on any atom is -0.495 e. The lowest BCUT2D eigenvalue weighted by Crippen LogP contribution is -2.29. The van der Waals surface area contributed by atoms with Crippen LogP contribution in [0, 0.1) is 0 Å². The van der Waals surface area contributed by atoms with Gasteiger partial charge in [-0.15, -0.1) is 12.4 Å². The number of nitrogens with one attached hydrogen (secondary N) is 2. The van der Waals surface area contributed by atoms with Crippen LogP contribution in [-0.2, 0) is 9.59 Å². The Hall–Kier alpha value is -1.50. The molecule has 1 atom stereocenters. The Bertz CT molecular complexity index is 525. The molecule has 23 heavy (non-hydrogen) atoms. The maximum Gasteiger partial charge on any atom is 0.226 e. The number of anilines is 1. The summed E-state index contributed by atoms with van der Waals surface area (Å²) in [5.41, 5.74) is 6.08. The smallest absolute Gasteiger partial charge is 0.226 e. The van der Waals surface area contributed by atoms with E-state index in [9.17, 15) is 9.59 Å². The SMILES string of the molecule is COc1ccc(Cl)cc1NC(=O)CCNC(=O)CCC(C)N.Cl. The van der Waals surface area contributed by atoms with Crippen molar-refractivity contribution in [3.05, 3.63) is 23.2 Å². The van der Waals surface area contributed by atoms with Gasteiger partial charge in [-0.1, -0.05) is 11.6 Å². The molecule has 0 spiro atoms. The van der Waals surface area contributed by atoms with Crippen LogP contribution in [0.25, 0.3) is 0 Å². The molecule has 8 heteroatoms. The van der Waals surface area contributed by atoms with Crippen LogP contribution in [0.1, 0.15) is 26.2 Å². The van der Waals surface area contributed by atoms with Crippen molar-refractivity contribution in [1.82, 2.24) is 5.32 Å². The molecule has 0 bridgehead atoms. The minimum atomic E-state index is -0.229. The molecule has 4 N–H and O–H groups in total. The van der Waals surface area contributed by atoms with E-state index in [1.54, 1.807) is 18.2 Å². The van der Waals surface area contributed by atoms with Crippen molar-refractivity contribution in [1.29, 1.82) is 0 Å². The number of halogens is 2. The van der Waals surface area contributed by atoms with Crippen LogP contribution in [-0.4, -0.2) is 31.5 Å². The second-order valence-corrected chi connectivity index (χ2v) is 5.45. The molecule has 0 saturated heterocycles. The van der Waals surface area contributed by atoms with E-state index in [-0.39, 0.29) is 43.2 Å². The summed E-state index contributed by atoms with van der Waals surface area (Å²) in [7, 11) is 1.51. The maximum absolute atomic E-state index is 11.9. The second kappa shape index (κ2) is 11.1. The number of amides is 2. The summed E-state index contributed by atoms with van der Waals surface area (Å²) < 4.78 is 5.14. The average Bonchev–Trinajstić information content (AvgIpc) is 2.45. The molecule has 0 fully saturated rings. The largest absolute Gasteiger partial charge is 0.495 e. The Morgan fingerprint density at radius 3 is 2.61 bits per heavy atom. The molecule has 6 nitrogen and oxygen atoms in total. The first-order chi connectivity index (χ1) is 10.4. The molecular weight excluding hydrogens is 341 g/mol. The minimum absolute atomic E-state index is 0. The summed E-state index contributed by atoms with van der Waals surface area (Å²) in [6, 6.07) is 4.95. The fourth-order valence-electron chi connectivity index (χ4n) is 1.75. The first kappa shape index (κ1) is 21.5. The van der Waals surface area contributed by atoms with Gasteiger partial charge in [-0.25, -0.2) is 0 Å². The molecule has 130 valence electrons. The first-order valence-electron chi connectivity index (χ1n) is 7.08. The van der Waals surface area contributed by atoms with Gasteiger partial charge in [0.15, 0.2) is 0 Å². The Morgan fingerprint density at radius 2 is 2.00 bits per heavy atom. The van der Waals surface area contributed by atoms with E-state index in [0.29, 0.717) is 29.3 Å². The van der Waals surface area contributed by atoms with Crippen LogP contribution < -0.4 is 21.1 Å². The van der Waals surface area contributed by atoms with E-state index >= 15 is 0 Å². The van der Waals surface area contributed by atoms with Gasteiger partial charge in [0, 0.05) is 30.5 Å². The summed E-state index contributed by atoms with van der Waals surface area (Å²) in [5.74, 6) is 0.192. The highest BCUT2D eigenvalue weighted by Crippen LogP contribution is 2.27. The summed E-state index contributed by atoms with van der Waals surface area (Å²) in [6.45, 7) is 2.12. The number of ether oxygens (including phenoxy) is 1. The van der Waals surface area contributed by atoms with Crippen molar-refractivity contribution in [3.8, 4) is 5.75 Å². The van der Waals surface area contributed by atoms with Crippen LogP contribution in [0.3, 0.4) is 0 Å². The summed E-state index contributed by atoms with van der Waals surface area (Å²) in [5, 5.41) is 5.89. The predicted molar refractivity (Wildman–Crippen MR) is 94.4 cm³/mol. The molecule has 1 aromatic carbocycles. The topological polar surface area (TPSA) is 93.5 Å². The number of rotatable bonds is 8. The molecule has 0 saturated carbocycles. The van der Waals surface area contributed by atoms with E-state index in [2.05, 4.69) is 10.6 Å². The third-order valence-electron chi connectivity index (χ3n) is 2.94. The Kier molecular flexibility index (Phi) is 10.4. The van der Waals surface area contributed by atoms with E-state index in [0.717, 1.165) is 0 Å². The van der Waals surface area contributed by atoms with Crippen molar-refractivity contribution in [2.75, 3.05) is 19.0 Å². The molecule has 1 unspecified atom stereocenters. The first-order valence-corrected chi connectivity index (χ1v) is 7.46. The molecule has 0 aromatic heterocycles. The van der Waals surface area contributed by atoms with Gasteiger partial charge in [0.25, 0.3) is 0 Å². The van der Waals surface area contributed by atoms with E-state index in [4.69, 9.17) is 22.1 Å². The molecular formula is C15H23Cl2N3O3. The Balaban J connectivity index is 0.00000484. The Labute approximate surface area is 147 Å². The molecule has 2 amide bonds.